The van der Waals surface area contributed by atoms with Crippen LogP contribution in [0.5, 0.6) is 0 Å². The summed E-state index contributed by atoms with van der Waals surface area (Å²) in [5.74, 6) is -0.863. The van der Waals surface area contributed by atoms with Gasteiger partial charge in [0.05, 0.1) is 0 Å². The minimum atomic E-state index is -0.778. The minimum absolute atomic E-state index is 0.0736. The summed E-state index contributed by atoms with van der Waals surface area (Å²) in [5, 5.41) is 0. The Morgan fingerprint density at radius 1 is 0.256 bits per heavy atom. The van der Waals surface area contributed by atoms with Crippen molar-refractivity contribution in [3.8, 4) is 0 Å². The molecule has 0 aromatic rings. The summed E-state index contributed by atoms with van der Waals surface area (Å²) in [5.41, 5.74) is 0. The van der Waals surface area contributed by atoms with E-state index in [1.807, 2.05) is 0 Å². The number of rotatable bonds is 66. The number of unbranched alkanes of at least 4 members (excludes halogenated alkanes) is 43. The third-order valence-electron chi connectivity index (χ3n) is 15.9. The predicted octanol–water partition coefficient (Wildman–Crippen LogP) is 24.8. The molecule has 0 fully saturated rings. The highest BCUT2D eigenvalue weighted by molar-refractivity contribution is 5.71. The molecule has 0 amide bonds. The van der Waals surface area contributed by atoms with Gasteiger partial charge in [-0.1, -0.05) is 338 Å². The van der Waals surface area contributed by atoms with Gasteiger partial charge in [-0.05, 0) is 89.9 Å². The van der Waals surface area contributed by atoms with Crippen molar-refractivity contribution in [3.05, 3.63) is 72.9 Å². The second-order valence-electron chi connectivity index (χ2n) is 24.1. The van der Waals surface area contributed by atoms with Gasteiger partial charge in [0.1, 0.15) is 13.2 Å². The lowest BCUT2D eigenvalue weighted by atomic mass is 10.0. The lowest BCUT2D eigenvalue weighted by molar-refractivity contribution is -0.167. The van der Waals surface area contributed by atoms with Crippen LogP contribution in [0.1, 0.15) is 374 Å². The van der Waals surface area contributed by atoms with Crippen LogP contribution >= 0.6 is 0 Å². The zero-order valence-corrected chi connectivity index (χ0v) is 54.8. The minimum Gasteiger partial charge on any atom is -0.462 e. The van der Waals surface area contributed by atoms with Crippen LogP contribution in [-0.4, -0.2) is 37.2 Å². The fourth-order valence-electron chi connectivity index (χ4n) is 10.6. The van der Waals surface area contributed by atoms with E-state index in [1.165, 1.54) is 231 Å². The number of hydrogen-bond acceptors (Lipinski definition) is 6. The van der Waals surface area contributed by atoms with Gasteiger partial charge in [0.15, 0.2) is 6.10 Å². The maximum Gasteiger partial charge on any atom is 0.306 e. The molecule has 0 N–H and O–H groups in total. The van der Waals surface area contributed by atoms with Crippen LogP contribution in [0.4, 0.5) is 0 Å². The molecule has 0 aliphatic carbocycles. The molecule has 0 saturated heterocycles. The summed E-state index contributed by atoms with van der Waals surface area (Å²) in [6.45, 7) is 6.55. The Kier molecular flexibility index (Phi) is 67.6. The van der Waals surface area contributed by atoms with Crippen molar-refractivity contribution >= 4 is 17.9 Å². The average molecular weight is 1150 g/mol. The Morgan fingerprint density at radius 2 is 0.476 bits per heavy atom. The molecule has 6 heteroatoms. The molecule has 0 aliphatic heterocycles. The zero-order valence-electron chi connectivity index (χ0n) is 54.8. The van der Waals surface area contributed by atoms with Crippen LogP contribution in [0.15, 0.2) is 72.9 Å². The van der Waals surface area contributed by atoms with Crippen LogP contribution in [0, 0.1) is 0 Å². The Balaban J connectivity index is 4.15. The fourth-order valence-corrected chi connectivity index (χ4v) is 10.6. The van der Waals surface area contributed by atoms with Crippen LogP contribution in [0.25, 0.3) is 0 Å². The number of ether oxygens (including phenoxy) is 3. The number of allylic oxidation sites excluding steroid dienone is 12. The molecule has 0 aromatic carbocycles. The Labute approximate surface area is 510 Å². The lowest BCUT2D eigenvalue weighted by Crippen LogP contribution is -2.30. The van der Waals surface area contributed by atoms with Gasteiger partial charge in [0.2, 0.25) is 0 Å². The van der Waals surface area contributed by atoms with Crippen molar-refractivity contribution in [2.75, 3.05) is 13.2 Å². The molecular weight excluding hydrogens is 1010 g/mol. The summed E-state index contributed by atoms with van der Waals surface area (Å²) in [7, 11) is 0. The van der Waals surface area contributed by atoms with Crippen molar-refractivity contribution < 1.29 is 28.6 Å². The first-order chi connectivity index (χ1) is 40.5. The number of carbonyl (C=O) groups is 3. The molecule has 0 aromatic heterocycles. The topological polar surface area (TPSA) is 78.9 Å². The maximum absolute atomic E-state index is 12.9. The highest BCUT2D eigenvalue weighted by Crippen LogP contribution is 2.18. The number of hydrogen-bond donors (Lipinski definition) is 0. The molecule has 0 rings (SSSR count). The molecule has 0 aliphatic rings. The van der Waals surface area contributed by atoms with Crippen molar-refractivity contribution in [2.24, 2.45) is 0 Å². The van der Waals surface area contributed by atoms with E-state index in [0.717, 1.165) is 103 Å². The van der Waals surface area contributed by atoms with Crippen molar-refractivity contribution in [2.45, 2.75) is 380 Å². The van der Waals surface area contributed by atoms with Gasteiger partial charge in [0, 0.05) is 19.3 Å². The highest BCUT2D eigenvalue weighted by Gasteiger charge is 2.19. The quantitative estimate of drug-likeness (QED) is 0.0261. The molecule has 476 valence electrons. The molecule has 0 bridgehead atoms. The molecule has 0 heterocycles. The SMILES string of the molecule is CC/C=C\C/C=C\C/C=C\C/C=C\CCCCCCCCCCCCCCCCCCCCCCC(=O)OCC(COC(=O)CCCCCCC/C=C\C/C=C\CCCCC)OC(=O)CCCCCCCCCCCCCCCCCC. The van der Waals surface area contributed by atoms with Crippen LogP contribution < -0.4 is 0 Å². The second-order valence-corrected chi connectivity index (χ2v) is 24.1. The van der Waals surface area contributed by atoms with Crippen LogP contribution in [0.3, 0.4) is 0 Å². The van der Waals surface area contributed by atoms with Gasteiger partial charge in [0.25, 0.3) is 0 Å². The maximum atomic E-state index is 12.9. The van der Waals surface area contributed by atoms with Crippen molar-refractivity contribution in [3.63, 3.8) is 0 Å². The second kappa shape index (κ2) is 70.3. The van der Waals surface area contributed by atoms with Gasteiger partial charge in [-0.2, -0.15) is 0 Å². The lowest BCUT2D eigenvalue weighted by Gasteiger charge is -2.18. The van der Waals surface area contributed by atoms with Gasteiger partial charge in [-0.3, -0.25) is 14.4 Å². The van der Waals surface area contributed by atoms with Crippen LogP contribution in [0.2, 0.25) is 0 Å². The Morgan fingerprint density at radius 3 is 0.768 bits per heavy atom. The third kappa shape index (κ3) is 67.6. The molecule has 0 spiro atoms. The normalized spacial score (nSPS) is 12.5. The highest BCUT2D eigenvalue weighted by atomic mass is 16.6. The number of esters is 3. The molecule has 1 atom stereocenters. The van der Waals surface area contributed by atoms with Gasteiger partial charge in [-0.15, -0.1) is 0 Å². The molecule has 82 heavy (non-hydrogen) atoms. The summed E-state index contributed by atoms with van der Waals surface area (Å²) in [6, 6.07) is 0. The van der Waals surface area contributed by atoms with E-state index in [9.17, 15) is 14.4 Å². The zero-order chi connectivity index (χ0) is 59.2. The monoisotopic (exact) mass is 1150 g/mol. The summed E-state index contributed by atoms with van der Waals surface area (Å²) in [4.78, 5) is 38.4. The summed E-state index contributed by atoms with van der Waals surface area (Å²) in [6.07, 6.45) is 92.3. The predicted molar refractivity (Wildman–Crippen MR) is 358 cm³/mol. The first kappa shape index (κ1) is 78.8. The van der Waals surface area contributed by atoms with Crippen molar-refractivity contribution in [1.29, 1.82) is 0 Å². The fraction of sp³-hybridized carbons (Fsp3) is 0.803. The smallest absolute Gasteiger partial charge is 0.306 e. The molecule has 6 nitrogen and oxygen atoms in total. The molecule has 0 radical (unpaired) electrons. The van der Waals surface area contributed by atoms with E-state index in [1.54, 1.807) is 0 Å². The van der Waals surface area contributed by atoms with Gasteiger partial charge < -0.3 is 14.2 Å². The largest absolute Gasteiger partial charge is 0.462 e. The standard InChI is InChI=1S/C76H136O6/c1-4-7-10-13-16-19-22-25-28-30-31-32-33-34-35-36-37-38-39-40-41-42-43-44-45-46-49-51-54-57-60-63-66-69-75(78)81-72-73(71-80-74(77)68-65-62-59-56-53-50-47-27-24-21-18-15-12-9-6-3)82-76(79)70-67-64-61-58-55-52-48-29-26-23-20-17-14-11-8-5-2/h7,10,16,18-19,21,25,27-28,31-32,47,73H,4-6,8-9,11-15,17,20,22-24,26,29-30,33-46,48-72H2,1-3H3/b10-7-,19-16-,21-18-,28-25-,32-31-,47-27-. The Hall–Kier alpha value is -3.15. The first-order valence-corrected chi connectivity index (χ1v) is 35.9. The summed E-state index contributed by atoms with van der Waals surface area (Å²) >= 11 is 0. The molecule has 1 unspecified atom stereocenters. The van der Waals surface area contributed by atoms with Gasteiger partial charge in [-0.25, -0.2) is 0 Å². The first-order valence-electron chi connectivity index (χ1n) is 35.9. The van der Waals surface area contributed by atoms with Crippen LogP contribution in [-0.2, 0) is 28.6 Å². The molecule has 0 saturated carbocycles. The summed E-state index contributed by atoms with van der Waals surface area (Å²) < 4.78 is 17.0. The Bertz CT molecular complexity index is 1500. The third-order valence-corrected chi connectivity index (χ3v) is 15.9. The van der Waals surface area contributed by atoms with E-state index < -0.39 is 6.10 Å². The average Bonchev–Trinajstić information content (AvgIpc) is 3.47. The van der Waals surface area contributed by atoms with E-state index in [4.69, 9.17) is 14.2 Å². The van der Waals surface area contributed by atoms with E-state index >= 15 is 0 Å². The molecular formula is C76H136O6. The van der Waals surface area contributed by atoms with Crippen molar-refractivity contribution in [1.82, 2.24) is 0 Å². The number of carbonyl (C=O) groups excluding carboxylic acids is 3. The van der Waals surface area contributed by atoms with E-state index in [0.29, 0.717) is 19.3 Å². The van der Waals surface area contributed by atoms with E-state index in [-0.39, 0.29) is 31.1 Å². The van der Waals surface area contributed by atoms with E-state index in [2.05, 4.69) is 93.7 Å². The van der Waals surface area contributed by atoms with Gasteiger partial charge >= 0.3 is 17.9 Å².